The van der Waals surface area contributed by atoms with E-state index >= 15 is 0 Å². The summed E-state index contributed by atoms with van der Waals surface area (Å²) < 4.78 is 5.62. The van der Waals surface area contributed by atoms with Gasteiger partial charge in [-0.05, 0) is 38.2 Å². The first-order valence-electron chi connectivity index (χ1n) is 10.6. The molecule has 2 aromatic rings. The molecule has 0 aliphatic carbocycles. The van der Waals surface area contributed by atoms with Crippen molar-refractivity contribution in [2.75, 3.05) is 33.8 Å². The molecule has 1 saturated heterocycles. The van der Waals surface area contributed by atoms with Crippen LogP contribution in [0.2, 0.25) is 0 Å². The molecule has 1 N–H and O–H groups in total. The van der Waals surface area contributed by atoms with Crippen LogP contribution in [-0.2, 0) is 9.59 Å². The Labute approximate surface area is 192 Å². The monoisotopic (exact) mass is 453 g/mol. The highest BCUT2D eigenvalue weighted by atomic mass is 16.6. The Kier molecular flexibility index (Phi) is 7.44. The van der Waals surface area contributed by atoms with Crippen LogP contribution in [0.15, 0.2) is 54.1 Å². The lowest BCUT2D eigenvalue weighted by molar-refractivity contribution is -0.384. The van der Waals surface area contributed by atoms with Crippen molar-refractivity contribution in [2.45, 2.75) is 19.4 Å². The predicted molar refractivity (Wildman–Crippen MR) is 123 cm³/mol. The molecule has 0 bridgehead atoms. The number of nitro groups is 1. The van der Waals surface area contributed by atoms with Gasteiger partial charge in [0.1, 0.15) is 11.5 Å². The van der Waals surface area contributed by atoms with Crippen LogP contribution in [-0.4, -0.2) is 65.3 Å². The molecule has 174 valence electrons. The number of aliphatic hydroxyl groups excluding tert-OH is 1. The first kappa shape index (κ1) is 23.9. The molecule has 33 heavy (non-hydrogen) atoms. The highest BCUT2D eigenvalue weighted by Gasteiger charge is 2.46. The molecule has 3 rings (SSSR count). The number of hydrogen-bond donors (Lipinski definition) is 1. The smallest absolute Gasteiger partial charge is 0.295 e. The molecule has 1 aliphatic rings. The molecule has 9 nitrogen and oxygen atoms in total. The van der Waals surface area contributed by atoms with Crippen LogP contribution >= 0.6 is 0 Å². The van der Waals surface area contributed by atoms with Crippen LogP contribution in [0.3, 0.4) is 0 Å². The summed E-state index contributed by atoms with van der Waals surface area (Å²) in [6.07, 6.45) is 0.857. The molecule has 9 heteroatoms. The summed E-state index contributed by atoms with van der Waals surface area (Å²) >= 11 is 0. The van der Waals surface area contributed by atoms with Gasteiger partial charge < -0.3 is 19.6 Å². The summed E-state index contributed by atoms with van der Waals surface area (Å²) in [6, 6.07) is 11.5. The Morgan fingerprint density at radius 3 is 2.48 bits per heavy atom. The largest absolute Gasteiger partial charge is 0.507 e. The van der Waals surface area contributed by atoms with E-state index in [0.717, 1.165) is 6.42 Å². The number of nitro benzene ring substituents is 1. The quantitative estimate of drug-likeness (QED) is 0.204. The normalized spacial score (nSPS) is 17.6. The number of ketones is 1. The molecule has 0 radical (unpaired) electrons. The summed E-state index contributed by atoms with van der Waals surface area (Å²) in [5.41, 5.74) is 0.405. The number of rotatable bonds is 9. The fourth-order valence-electron chi connectivity index (χ4n) is 3.65. The molecule has 0 spiro atoms. The van der Waals surface area contributed by atoms with Crippen molar-refractivity contribution < 1.29 is 24.4 Å². The Bertz CT molecular complexity index is 1080. The van der Waals surface area contributed by atoms with E-state index in [2.05, 4.69) is 0 Å². The van der Waals surface area contributed by atoms with Crippen molar-refractivity contribution in [3.05, 3.63) is 75.3 Å². The van der Waals surface area contributed by atoms with Crippen LogP contribution in [0.25, 0.3) is 5.76 Å². The SMILES string of the molecule is CCCOc1ccc(C2/C(=C(/O)c3cccc([N+](=O)[O-])c3)C(=O)C(=O)N2CCN(C)C)cc1. The molecular formula is C24H27N3O6. The van der Waals surface area contributed by atoms with Crippen LogP contribution in [0.4, 0.5) is 5.69 Å². The number of likely N-dealkylation sites (N-methyl/N-ethyl adjacent to an activating group) is 1. The maximum Gasteiger partial charge on any atom is 0.295 e. The number of carbonyl (C=O) groups excluding carboxylic acids is 2. The van der Waals surface area contributed by atoms with E-state index in [1.807, 2.05) is 25.9 Å². The number of hydrogen-bond acceptors (Lipinski definition) is 7. The van der Waals surface area contributed by atoms with E-state index in [1.165, 1.54) is 29.2 Å². The zero-order valence-corrected chi connectivity index (χ0v) is 18.9. The first-order valence-corrected chi connectivity index (χ1v) is 10.6. The van der Waals surface area contributed by atoms with Crippen molar-refractivity contribution in [3.63, 3.8) is 0 Å². The number of amides is 1. The van der Waals surface area contributed by atoms with Gasteiger partial charge >= 0.3 is 0 Å². The number of likely N-dealkylation sites (tertiary alicyclic amines) is 1. The second-order valence-electron chi connectivity index (χ2n) is 8.02. The minimum absolute atomic E-state index is 0.0959. The number of benzene rings is 2. The summed E-state index contributed by atoms with van der Waals surface area (Å²) in [5.74, 6) is -1.33. The van der Waals surface area contributed by atoms with E-state index in [4.69, 9.17) is 4.74 Å². The van der Waals surface area contributed by atoms with E-state index in [9.17, 15) is 24.8 Å². The predicted octanol–water partition coefficient (Wildman–Crippen LogP) is 3.37. The van der Waals surface area contributed by atoms with E-state index < -0.39 is 28.4 Å². The van der Waals surface area contributed by atoms with Gasteiger partial charge in [0.2, 0.25) is 0 Å². The molecular weight excluding hydrogens is 426 g/mol. The van der Waals surface area contributed by atoms with Gasteiger partial charge in [-0.1, -0.05) is 31.2 Å². The third kappa shape index (κ3) is 5.20. The maximum absolute atomic E-state index is 13.0. The lowest BCUT2D eigenvalue weighted by Gasteiger charge is -2.26. The Morgan fingerprint density at radius 1 is 1.18 bits per heavy atom. The van der Waals surface area contributed by atoms with Gasteiger partial charge in [-0.15, -0.1) is 0 Å². The number of Topliss-reactive ketones (excluding diaryl/α,β-unsaturated/α-hetero) is 1. The molecule has 2 aromatic carbocycles. The zero-order chi connectivity index (χ0) is 24.1. The highest BCUT2D eigenvalue weighted by Crippen LogP contribution is 2.40. The molecule has 1 atom stereocenters. The molecule has 1 fully saturated rings. The summed E-state index contributed by atoms with van der Waals surface area (Å²) in [4.78, 5) is 39.8. The lowest BCUT2D eigenvalue weighted by atomic mass is 9.95. The Morgan fingerprint density at radius 2 is 1.88 bits per heavy atom. The van der Waals surface area contributed by atoms with Gasteiger partial charge in [-0.2, -0.15) is 0 Å². The lowest BCUT2D eigenvalue weighted by Crippen LogP contribution is -2.35. The van der Waals surface area contributed by atoms with Crippen molar-refractivity contribution in [1.29, 1.82) is 0 Å². The molecule has 0 aromatic heterocycles. The average molecular weight is 453 g/mol. The van der Waals surface area contributed by atoms with Crippen LogP contribution < -0.4 is 4.74 Å². The van der Waals surface area contributed by atoms with Gasteiger partial charge in [0, 0.05) is 30.8 Å². The molecule has 1 aliphatic heterocycles. The van der Waals surface area contributed by atoms with E-state index in [1.54, 1.807) is 24.3 Å². The number of carbonyl (C=O) groups is 2. The third-order valence-corrected chi connectivity index (χ3v) is 5.33. The van der Waals surface area contributed by atoms with E-state index in [0.29, 0.717) is 24.5 Å². The fourth-order valence-corrected chi connectivity index (χ4v) is 3.65. The van der Waals surface area contributed by atoms with Crippen LogP contribution in [0.5, 0.6) is 5.75 Å². The summed E-state index contributed by atoms with van der Waals surface area (Å²) in [5, 5.41) is 22.2. The van der Waals surface area contributed by atoms with Crippen molar-refractivity contribution in [3.8, 4) is 5.75 Å². The Hall–Kier alpha value is -3.72. The number of nitrogens with zero attached hydrogens (tertiary/aromatic N) is 3. The second-order valence-corrected chi connectivity index (χ2v) is 8.02. The standard InChI is InChI=1S/C24H27N3O6/c1-4-14-33-19-10-8-16(9-11-19)21-20(23(29)24(30)26(21)13-12-25(2)3)22(28)17-6-5-7-18(15-17)27(31)32/h5-11,15,21,28H,4,12-14H2,1-3H3/b22-20-. The Balaban J connectivity index is 2.10. The zero-order valence-electron chi connectivity index (χ0n) is 18.9. The topological polar surface area (TPSA) is 113 Å². The maximum atomic E-state index is 13.0. The number of non-ortho nitro benzene ring substituents is 1. The third-order valence-electron chi connectivity index (χ3n) is 5.33. The van der Waals surface area contributed by atoms with Gasteiger partial charge in [0.05, 0.1) is 23.1 Å². The molecule has 1 unspecified atom stereocenters. The van der Waals surface area contributed by atoms with Crippen molar-refractivity contribution in [1.82, 2.24) is 9.80 Å². The number of aliphatic hydroxyl groups is 1. The van der Waals surface area contributed by atoms with Gasteiger partial charge in [-0.3, -0.25) is 19.7 Å². The summed E-state index contributed by atoms with van der Waals surface area (Å²) in [7, 11) is 3.71. The van der Waals surface area contributed by atoms with Gasteiger partial charge in [-0.25, -0.2) is 0 Å². The molecule has 0 saturated carbocycles. The first-order chi connectivity index (χ1) is 15.7. The average Bonchev–Trinajstić information content (AvgIpc) is 3.06. The van der Waals surface area contributed by atoms with Crippen LogP contribution in [0, 0.1) is 10.1 Å². The summed E-state index contributed by atoms with van der Waals surface area (Å²) in [6.45, 7) is 3.34. The highest BCUT2D eigenvalue weighted by molar-refractivity contribution is 6.46. The fraction of sp³-hybridized carbons (Fsp3) is 0.333. The van der Waals surface area contributed by atoms with Gasteiger partial charge in [0.15, 0.2) is 0 Å². The van der Waals surface area contributed by atoms with Crippen LogP contribution in [0.1, 0.15) is 30.5 Å². The van der Waals surface area contributed by atoms with Crippen molar-refractivity contribution in [2.24, 2.45) is 0 Å². The van der Waals surface area contributed by atoms with E-state index in [-0.39, 0.29) is 23.4 Å². The second kappa shape index (κ2) is 10.3. The van der Waals surface area contributed by atoms with Gasteiger partial charge in [0.25, 0.3) is 17.4 Å². The minimum atomic E-state index is -0.829. The minimum Gasteiger partial charge on any atom is -0.507 e. The number of ether oxygens (including phenoxy) is 1. The molecule has 1 heterocycles. The molecule has 1 amide bonds. The van der Waals surface area contributed by atoms with Crippen molar-refractivity contribution >= 4 is 23.1 Å².